The fourth-order valence-corrected chi connectivity index (χ4v) is 16.7. The molecule has 7 heteroatoms. The first kappa shape index (κ1) is 50.9. The van der Waals surface area contributed by atoms with E-state index in [1.54, 1.807) is 0 Å². The van der Waals surface area contributed by atoms with Crippen LogP contribution in [0.15, 0.2) is 218 Å². The molecule has 83 heavy (non-hydrogen) atoms. The largest absolute Gasteiger partial charge is 0.509 e. The van der Waals surface area contributed by atoms with Crippen LogP contribution in [0.5, 0.6) is 11.5 Å². The van der Waals surface area contributed by atoms with E-state index in [2.05, 4.69) is 249 Å². The van der Waals surface area contributed by atoms with Gasteiger partial charge in [0.05, 0.1) is 6.85 Å². The van der Waals surface area contributed by atoms with Crippen molar-refractivity contribution in [3.8, 4) is 33.8 Å². The third-order valence-electron chi connectivity index (χ3n) is 16.2. The molecule has 0 saturated carbocycles. The molecule has 2 aliphatic heterocycles. The van der Waals surface area contributed by atoms with Gasteiger partial charge in [-0.1, -0.05) is 239 Å². The monoisotopic (exact) mass is 1290 g/mol. The summed E-state index contributed by atoms with van der Waals surface area (Å²) in [6.07, 6.45) is 1.91. The fourth-order valence-electron chi connectivity index (χ4n) is 11.7. The van der Waals surface area contributed by atoms with Crippen LogP contribution in [-0.4, -0.2) is 13.1 Å². The number of hydrogen-bond acceptors (Lipinski definition) is 5. The normalized spacial score (nSPS) is 14.7. The Morgan fingerprint density at radius 3 is 1.60 bits per heavy atom. The van der Waals surface area contributed by atoms with Gasteiger partial charge in [0.2, 0.25) is 0 Å². The first-order valence-electron chi connectivity index (χ1n) is 30.9. The minimum atomic E-state index is -3.04. The van der Waals surface area contributed by atoms with Gasteiger partial charge in [-0.25, -0.2) is 4.98 Å². The van der Waals surface area contributed by atoms with Gasteiger partial charge in [0.25, 0.3) is 0 Å². The third kappa shape index (κ3) is 10.6. The molecular weight excluding hydrogens is 1210 g/mol. The number of ether oxygens (including phenoxy) is 1. The van der Waals surface area contributed by atoms with Gasteiger partial charge < -0.3 is 19.4 Å². The van der Waals surface area contributed by atoms with E-state index >= 15 is 0 Å². The molecule has 420 valence electrons. The molecule has 0 aliphatic carbocycles. The van der Waals surface area contributed by atoms with E-state index in [9.17, 15) is 2.74 Å². The molecule has 0 bridgehead atoms. The summed E-state index contributed by atoms with van der Waals surface area (Å²) >= 11 is 0. The maximum atomic E-state index is 9.54. The molecule has 3 heterocycles. The molecule has 0 unspecified atom stereocenters. The van der Waals surface area contributed by atoms with Gasteiger partial charge in [-0.3, -0.25) is 0 Å². The van der Waals surface area contributed by atoms with Crippen molar-refractivity contribution in [2.24, 2.45) is 0 Å². The van der Waals surface area contributed by atoms with Crippen molar-refractivity contribution in [2.45, 2.75) is 105 Å². The Morgan fingerprint density at radius 2 is 1.00 bits per heavy atom. The van der Waals surface area contributed by atoms with Gasteiger partial charge in [-0.2, -0.15) is 12.1 Å². The number of para-hydroxylation sites is 3. The van der Waals surface area contributed by atoms with E-state index in [0.29, 0.717) is 28.4 Å². The molecule has 0 saturated heterocycles. The van der Waals surface area contributed by atoms with Gasteiger partial charge in [0, 0.05) is 72.6 Å². The van der Waals surface area contributed by atoms with E-state index in [0.717, 1.165) is 67.1 Å². The second-order valence-corrected chi connectivity index (χ2v) is 29.6. The summed E-state index contributed by atoms with van der Waals surface area (Å²) in [6, 6.07) is 70.2. The second kappa shape index (κ2) is 21.8. The van der Waals surface area contributed by atoms with Crippen molar-refractivity contribution in [3.63, 3.8) is 0 Å². The quantitative estimate of drug-likeness (QED) is 0.106. The Morgan fingerprint density at radius 1 is 0.470 bits per heavy atom. The average molecular weight is 1290 g/mol. The zero-order valence-electron chi connectivity index (χ0n) is 54.5. The minimum absolute atomic E-state index is 0. The van der Waals surface area contributed by atoms with Gasteiger partial charge in [-0.15, -0.1) is 47.9 Å². The van der Waals surface area contributed by atoms with Crippen LogP contribution in [0, 0.1) is 18.8 Å². The summed E-state index contributed by atoms with van der Waals surface area (Å²) < 4.78 is 52.8. The first-order valence-corrected chi connectivity index (χ1v) is 30.4. The predicted octanol–water partition coefficient (Wildman–Crippen LogP) is 17.6. The average Bonchev–Trinajstić information content (AvgIpc) is 0.781. The molecule has 0 spiro atoms. The van der Waals surface area contributed by atoms with Crippen molar-refractivity contribution in [3.05, 3.63) is 259 Å². The molecule has 10 aromatic rings. The molecule has 12 rings (SSSR count). The smallest absolute Gasteiger partial charge is 0.135 e. The Balaban J connectivity index is 0.00000800. The third-order valence-corrected chi connectivity index (χ3v) is 21.0. The van der Waals surface area contributed by atoms with Crippen LogP contribution in [0.4, 0.5) is 39.9 Å². The summed E-state index contributed by atoms with van der Waals surface area (Å²) in [5.74, 6) is 1.77. The van der Waals surface area contributed by atoms with E-state index < -0.39 is 31.6 Å². The van der Waals surface area contributed by atoms with Gasteiger partial charge in [-0.05, 0) is 103 Å². The number of nitrogens with zero attached hydrogens (tertiary/aromatic N) is 4. The maximum Gasteiger partial charge on any atom is 0.135 e. The van der Waals surface area contributed by atoms with Crippen LogP contribution >= 0.6 is 0 Å². The maximum absolute atomic E-state index is 9.54. The minimum Gasteiger partial charge on any atom is -0.509 e. The Hall–Kier alpha value is -7.76. The number of fused-ring (bicyclic) bond motifs is 3. The molecule has 5 nitrogen and oxygen atoms in total. The van der Waals surface area contributed by atoms with Gasteiger partial charge in [0.1, 0.15) is 13.9 Å². The zero-order valence-corrected chi connectivity index (χ0v) is 52.8. The van der Waals surface area contributed by atoms with Crippen molar-refractivity contribution < 1.29 is 32.7 Å². The Labute approximate surface area is 516 Å². The predicted molar refractivity (Wildman–Crippen MR) is 347 cm³/mol. The van der Waals surface area contributed by atoms with Crippen LogP contribution in [-0.2, 0) is 42.7 Å². The van der Waals surface area contributed by atoms with Crippen LogP contribution in [0.1, 0.15) is 112 Å². The molecule has 0 radical (unpaired) electrons. The summed E-state index contributed by atoms with van der Waals surface area (Å²) in [5, 5.41) is 4.92. The van der Waals surface area contributed by atoms with E-state index in [-0.39, 0.29) is 55.0 Å². The Kier molecular flexibility index (Phi) is 13.4. The zero-order chi connectivity index (χ0) is 61.7. The first-order chi connectivity index (χ1) is 41.2. The van der Waals surface area contributed by atoms with Crippen LogP contribution in [0.3, 0.4) is 0 Å². The van der Waals surface area contributed by atoms with E-state index in [1.807, 2.05) is 55.3 Å². The topological polar surface area (TPSA) is 31.8 Å². The van der Waals surface area contributed by atoms with Crippen LogP contribution in [0.25, 0.3) is 22.3 Å². The standard InChI is InChI=1S/C76H73N4OSi.Pt/c1-73(2,3)54-41-42-77-71(48-54)80-67-37-24-25-38-69(67)82(61-31-18-14-19-32-61,62-33-20-15-21-34-62)70-40-39-60(50-68(70)80)81-59-30-26-29-58(49-59)78-51-79(66-36-23-22-35-65(66)78)72-63(52-27-16-13-17-28-52)46-57(76(10,11)12)47-64(72)53-43-55(74(4,5)6)45-56(44-53)75(7,8)9;/h13-48,51H,1-12H3;/q-3;/i13D,16D,17D,27D,28D;. The Bertz CT molecular complexity index is 4220. The van der Waals surface area contributed by atoms with Crippen molar-refractivity contribution >= 4 is 68.8 Å². The summed E-state index contributed by atoms with van der Waals surface area (Å²) in [7, 11) is -3.04. The van der Waals surface area contributed by atoms with Gasteiger partial charge in [0.15, 0.2) is 0 Å². The van der Waals surface area contributed by atoms with Crippen LogP contribution in [0.2, 0.25) is 0 Å². The molecule has 0 N–H and O–H groups in total. The SMILES string of the molecule is [2H]c1c([2H])c([2H])c(-c2cc(C(C)(C)C)cc(-c3cc(C(C)(C)C)cc(C(C)(C)C)c3)c2N2[CH-]N(c3[c-]c(Oc4[c-]c5c(cc4)[Si](c4ccccc4)(c4ccccc4)c4ccccc4N5c4cc(C(C)(C)C)ccn4)ccc3)c3ccccc32)c([2H])c1[2H].[Pt]. The summed E-state index contributed by atoms with van der Waals surface area (Å²) in [4.78, 5) is 11.6. The van der Waals surface area contributed by atoms with Crippen molar-refractivity contribution in [1.29, 1.82) is 0 Å². The molecule has 9 aromatic carbocycles. The summed E-state index contributed by atoms with van der Waals surface area (Å²) in [6.45, 7) is 28.5. The number of hydrogen-bond donors (Lipinski definition) is 0. The van der Waals surface area contributed by atoms with Crippen molar-refractivity contribution in [2.75, 3.05) is 14.7 Å². The van der Waals surface area contributed by atoms with Crippen LogP contribution < -0.4 is 40.2 Å². The number of benzene rings is 9. The summed E-state index contributed by atoms with van der Waals surface area (Å²) in [5.41, 5.74) is 10.9. The molecule has 2 aliphatic rings. The van der Waals surface area contributed by atoms with Crippen molar-refractivity contribution in [1.82, 2.24) is 4.98 Å². The number of anilines is 7. The number of aromatic nitrogens is 1. The molecule has 0 fully saturated rings. The molecule has 0 atom stereocenters. The second-order valence-electron chi connectivity index (χ2n) is 25.9. The molecule has 0 amide bonds. The van der Waals surface area contributed by atoms with E-state index in [1.165, 1.54) is 15.6 Å². The number of rotatable bonds is 9. The molecular formula is C76H73N4OPtSi-3. The van der Waals surface area contributed by atoms with Gasteiger partial charge >= 0.3 is 0 Å². The molecule has 1 aromatic heterocycles. The number of pyridine rings is 1. The fraction of sp³-hybridized carbons (Fsp3) is 0.211. The van der Waals surface area contributed by atoms with E-state index in [4.69, 9.17) is 13.8 Å².